The van der Waals surface area contributed by atoms with Gasteiger partial charge in [0.2, 0.25) is 0 Å². The van der Waals surface area contributed by atoms with Gasteiger partial charge in [-0.1, -0.05) is 13.8 Å². The second-order valence-electron chi connectivity index (χ2n) is 3.41. The van der Waals surface area contributed by atoms with Gasteiger partial charge in [0.25, 0.3) is 0 Å². The molecule has 0 amide bonds. The van der Waals surface area contributed by atoms with Gasteiger partial charge in [-0.05, 0) is 6.42 Å². The molecule has 0 aliphatic heterocycles. The van der Waals surface area contributed by atoms with Crippen LogP contribution in [-0.4, -0.2) is 19.0 Å². The van der Waals surface area contributed by atoms with Crippen LogP contribution in [0.2, 0.25) is 0 Å². The summed E-state index contributed by atoms with van der Waals surface area (Å²) in [6.45, 7) is 3.91. The zero-order valence-corrected chi connectivity index (χ0v) is 6.81. The topological polar surface area (TPSA) is 26.3 Å². The molecule has 10 heavy (non-hydrogen) atoms. The van der Waals surface area contributed by atoms with Crippen LogP contribution < -0.4 is 0 Å². The Hall–Kier alpha value is -0.370. The Labute approximate surface area is 61.6 Å². The number of hydrogen-bond donors (Lipinski definition) is 0. The van der Waals surface area contributed by atoms with E-state index in [0.717, 1.165) is 6.42 Å². The summed E-state index contributed by atoms with van der Waals surface area (Å²) in [5, 5.41) is 0. The van der Waals surface area contributed by atoms with Crippen LogP contribution in [0.4, 0.5) is 0 Å². The highest BCUT2D eigenvalue weighted by Gasteiger charge is 2.42. The summed E-state index contributed by atoms with van der Waals surface area (Å²) in [5.41, 5.74) is -0.241. The maximum absolute atomic E-state index is 11.2. The molecule has 0 saturated heterocycles. The van der Waals surface area contributed by atoms with Gasteiger partial charge < -0.3 is 4.74 Å². The maximum Gasteiger partial charge on any atom is 0.141 e. The number of methoxy groups -OCH3 is 1. The van der Waals surface area contributed by atoms with Crippen molar-refractivity contribution < 1.29 is 9.53 Å². The number of ketones is 1. The molecule has 1 unspecified atom stereocenters. The zero-order chi connectivity index (χ0) is 7.78. The van der Waals surface area contributed by atoms with Crippen molar-refractivity contribution in [2.75, 3.05) is 7.11 Å². The molecule has 1 saturated carbocycles. The first-order valence-electron chi connectivity index (χ1n) is 3.65. The third kappa shape index (κ3) is 0.966. The molecule has 0 N–H and O–H groups in total. The normalized spacial score (nSPS) is 31.1. The molecule has 1 aliphatic carbocycles. The number of carbonyl (C=O) groups is 1. The SMILES string of the molecule is COC1CCC(=O)C1(C)C. The van der Waals surface area contributed by atoms with Crippen molar-refractivity contribution in [2.45, 2.75) is 32.8 Å². The smallest absolute Gasteiger partial charge is 0.141 e. The van der Waals surface area contributed by atoms with Gasteiger partial charge in [-0.25, -0.2) is 0 Å². The Morgan fingerprint density at radius 3 is 2.40 bits per heavy atom. The molecular weight excluding hydrogens is 128 g/mol. The Kier molecular flexibility index (Phi) is 1.82. The standard InChI is InChI=1S/C8H14O2/c1-8(2)6(9)4-5-7(8)10-3/h7H,4-5H2,1-3H3. The molecule has 0 aromatic carbocycles. The van der Waals surface area contributed by atoms with Crippen molar-refractivity contribution in [2.24, 2.45) is 5.41 Å². The fourth-order valence-corrected chi connectivity index (χ4v) is 1.54. The first-order valence-corrected chi connectivity index (χ1v) is 3.65. The fourth-order valence-electron chi connectivity index (χ4n) is 1.54. The predicted molar refractivity (Wildman–Crippen MR) is 38.8 cm³/mol. The van der Waals surface area contributed by atoms with E-state index in [1.807, 2.05) is 13.8 Å². The van der Waals surface area contributed by atoms with Gasteiger partial charge in [-0.2, -0.15) is 0 Å². The molecule has 1 fully saturated rings. The first kappa shape index (κ1) is 7.73. The minimum atomic E-state index is -0.241. The quantitative estimate of drug-likeness (QED) is 0.553. The van der Waals surface area contributed by atoms with Crippen molar-refractivity contribution in [3.63, 3.8) is 0 Å². The van der Waals surface area contributed by atoms with E-state index in [1.165, 1.54) is 0 Å². The van der Waals surface area contributed by atoms with E-state index >= 15 is 0 Å². The lowest BCUT2D eigenvalue weighted by Crippen LogP contribution is -2.30. The lowest BCUT2D eigenvalue weighted by atomic mass is 9.88. The Balaban J connectivity index is 2.73. The van der Waals surface area contributed by atoms with Crippen molar-refractivity contribution in [1.82, 2.24) is 0 Å². The molecular formula is C8H14O2. The largest absolute Gasteiger partial charge is 0.380 e. The zero-order valence-electron chi connectivity index (χ0n) is 6.81. The molecule has 0 heterocycles. The number of rotatable bonds is 1. The van der Waals surface area contributed by atoms with Crippen molar-refractivity contribution in [1.29, 1.82) is 0 Å². The van der Waals surface area contributed by atoms with Crippen LogP contribution in [0.1, 0.15) is 26.7 Å². The van der Waals surface area contributed by atoms with Crippen LogP contribution in [0.5, 0.6) is 0 Å². The van der Waals surface area contributed by atoms with E-state index in [1.54, 1.807) is 7.11 Å². The molecule has 0 aromatic heterocycles. The summed E-state index contributed by atoms with van der Waals surface area (Å²) in [5.74, 6) is 0.333. The third-order valence-electron chi connectivity index (χ3n) is 2.44. The molecule has 1 rings (SSSR count). The van der Waals surface area contributed by atoms with Crippen molar-refractivity contribution in [3.8, 4) is 0 Å². The number of Topliss-reactive ketones (excluding diaryl/α,β-unsaturated/α-hetero) is 1. The minimum Gasteiger partial charge on any atom is -0.380 e. The average molecular weight is 142 g/mol. The summed E-state index contributed by atoms with van der Waals surface area (Å²) < 4.78 is 5.18. The van der Waals surface area contributed by atoms with Crippen LogP contribution in [0.25, 0.3) is 0 Å². The van der Waals surface area contributed by atoms with E-state index in [4.69, 9.17) is 4.74 Å². The molecule has 0 bridgehead atoms. The fraction of sp³-hybridized carbons (Fsp3) is 0.875. The monoisotopic (exact) mass is 142 g/mol. The lowest BCUT2D eigenvalue weighted by Gasteiger charge is -2.23. The minimum absolute atomic E-state index is 0.139. The van der Waals surface area contributed by atoms with Crippen molar-refractivity contribution in [3.05, 3.63) is 0 Å². The molecule has 2 heteroatoms. The Morgan fingerprint density at radius 2 is 2.20 bits per heavy atom. The van der Waals surface area contributed by atoms with E-state index in [-0.39, 0.29) is 11.5 Å². The van der Waals surface area contributed by atoms with E-state index < -0.39 is 0 Å². The van der Waals surface area contributed by atoms with Crippen LogP contribution in [-0.2, 0) is 9.53 Å². The predicted octanol–water partition coefficient (Wildman–Crippen LogP) is 1.39. The van der Waals surface area contributed by atoms with Gasteiger partial charge in [-0.15, -0.1) is 0 Å². The van der Waals surface area contributed by atoms with Gasteiger partial charge in [0.1, 0.15) is 5.78 Å². The summed E-state index contributed by atoms with van der Waals surface area (Å²) in [6.07, 6.45) is 1.72. The van der Waals surface area contributed by atoms with Gasteiger partial charge in [0.05, 0.1) is 6.10 Å². The molecule has 0 radical (unpaired) electrons. The molecule has 0 spiro atoms. The van der Waals surface area contributed by atoms with E-state index in [0.29, 0.717) is 12.2 Å². The molecule has 0 aromatic rings. The second kappa shape index (κ2) is 2.35. The van der Waals surface area contributed by atoms with E-state index in [9.17, 15) is 4.79 Å². The third-order valence-corrected chi connectivity index (χ3v) is 2.44. The van der Waals surface area contributed by atoms with Crippen LogP contribution >= 0.6 is 0 Å². The van der Waals surface area contributed by atoms with Crippen LogP contribution in [0.15, 0.2) is 0 Å². The lowest BCUT2D eigenvalue weighted by molar-refractivity contribution is -0.127. The summed E-state index contributed by atoms with van der Waals surface area (Å²) in [4.78, 5) is 11.2. The highest BCUT2D eigenvalue weighted by atomic mass is 16.5. The average Bonchev–Trinajstić information content (AvgIpc) is 2.10. The van der Waals surface area contributed by atoms with Gasteiger partial charge in [0, 0.05) is 18.9 Å². The molecule has 58 valence electrons. The first-order chi connectivity index (χ1) is 4.59. The van der Waals surface area contributed by atoms with Gasteiger partial charge in [-0.3, -0.25) is 4.79 Å². The summed E-state index contributed by atoms with van der Waals surface area (Å²) in [7, 11) is 1.67. The molecule has 1 aliphatic rings. The maximum atomic E-state index is 11.2. The highest BCUT2D eigenvalue weighted by Crippen LogP contribution is 2.35. The second-order valence-corrected chi connectivity index (χ2v) is 3.41. The van der Waals surface area contributed by atoms with Gasteiger partial charge >= 0.3 is 0 Å². The number of ether oxygens (including phenoxy) is 1. The molecule has 2 nitrogen and oxygen atoms in total. The van der Waals surface area contributed by atoms with E-state index in [2.05, 4.69) is 0 Å². The summed E-state index contributed by atoms with van der Waals surface area (Å²) in [6, 6.07) is 0. The number of carbonyl (C=O) groups excluding carboxylic acids is 1. The Bertz CT molecular complexity index is 149. The highest BCUT2D eigenvalue weighted by molar-refractivity contribution is 5.86. The van der Waals surface area contributed by atoms with Gasteiger partial charge in [0.15, 0.2) is 0 Å². The van der Waals surface area contributed by atoms with Crippen LogP contribution in [0.3, 0.4) is 0 Å². The number of hydrogen-bond acceptors (Lipinski definition) is 2. The summed E-state index contributed by atoms with van der Waals surface area (Å²) >= 11 is 0. The molecule has 1 atom stereocenters. The Morgan fingerprint density at radius 1 is 1.60 bits per heavy atom. The van der Waals surface area contributed by atoms with Crippen molar-refractivity contribution >= 4 is 5.78 Å². The van der Waals surface area contributed by atoms with Crippen LogP contribution in [0, 0.1) is 5.41 Å².